The van der Waals surface area contributed by atoms with E-state index in [0.29, 0.717) is 0 Å². The third-order valence-electron chi connectivity index (χ3n) is 2.40. The molecule has 1 nitrogen and oxygen atoms in total. The smallest absolute Gasteiger partial charge is 0.124 e. The summed E-state index contributed by atoms with van der Waals surface area (Å²) in [5.41, 5.74) is 0.839. The van der Waals surface area contributed by atoms with Crippen LogP contribution in [0.2, 0.25) is 0 Å². The van der Waals surface area contributed by atoms with Crippen LogP contribution < -0.4 is 0 Å². The lowest BCUT2D eigenvalue weighted by molar-refractivity contribution is 0.290. The van der Waals surface area contributed by atoms with Gasteiger partial charge in [-0.15, -0.1) is 0 Å². The molecule has 1 aliphatic rings. The summed E-state index contributed by atoms with van der Waals surface area (Å²) < 4.78 is 12.8. The lowest BCUT2D eigenvalue weighted by atomic mass is 9.87. The van der Waals surface area contributed by atoms with Crippen LogP contribution in [0.5, 0.6) is 0 Å². The number of rotatable bonds is 1. The number of hydrogen-bond donors (Lipinski definition) is 1. The van der Waals surface area contributed by atoms with Gasteiger partial charge in [-0.2, -0.15) is 0 Å². The molecule has 1 aliphatic carbocycles. The van der Waals surface area contributed by atoms with Crippen molar-refractivity contribution in [2.24, 2.45) is 5.92 Å². The lowest BCUT2D eigenvalue weighted by Crippen LogP contribution is -2.06. The Balaban J connectivity index is 2.50. The second-order valence-corrected chi connectivity index (χ2v) is 3.35. The van der Waals surface area contributed by atoms with Crippen LogP contribution in [0, 0.1) is 5.92 Å². The number of hydrogen-bond acceptors (Lipinski definition) is 1. The van der Waals surface area contributed by atoms with Crippen LogP contribution in [0.15, 0.2) is 11.4 Å². The molecule has 0 unspecified atom stereocenters. The van der Waals surface area contributed by atoms with E-state index in [0.717, 1.165) is 37.2 Å². The molecule has 64 valence electrons. The SMILES string of the molecule is CC1CCC(=C(F)CO)CC1. The van der Waals surface area contributed by atoms with Gasteiger partial charge in [0.15, 0.2) is 0 Å². The van der Waals surface area contributed by atoms with Gasteiger partial charge >= 0.3 is 0 Å². The maximum Gasteiger partial charge on any atom is 0.124 e. The van der Waals surface area contributed by atoms with Gasteiger partial charge < -0.3 is 5.11 Å². The monoisotopic (exact) mass is 158 g/mol. The summed E-state index contributed by atoms with van der Waals surface area (Å²) in [5, 5.41) is 8.52. The van der Waals surface area contributed by atoms with E-state index < -0.39 is 6.61 Å². The van der Waals surface area contributed by atoms with Gasteiger partial charge in [-0.25, -0.2) is 4.39 Å². The molecule has 0 bridgehead atoms. The Bertz CT molecular complexity index is 153. The standard InChI is InChI=1S/C9H15FO/c1-7-2-4-8(5-3-7)9(10)6-11/h7,11H,2-6H2,1H3. The highest BCUT2D eigenvalue weighted by atomic mass is 19.1. The molecule has 0 aromatic heterocycles. The molecule has 0 aromatic carbocycles. The van der Waals surface area contributed by atoms with Crippen LogP contribution in [0.3, 0.4) is 0 Å². The Kier molecular flexibility index (Phi) is 3.06. The Morgan fingerprint density at radius 1 is 1.55 bits per heavy atom. The maximum atomic E-state index is 12.8. The fourth-order valence-electron chi connectivity index (χ4n) is 1.49. The van der Waals surface area contributed by atoms with Crippen molar-refractivity contribution in [3.63, 3.8) is 0 Å². The first-order valence-corrected chi connectivity index (χ1v) is 4.21. The molecule has 0 atom stereocenters. The summed E-state index contributed by atoms with van der Waals surface area (Å²) in [7, 11) is 0. The first-order chi connectivity index (χ1) is 5.24. The van der Waals surface area contributed by atoms with E-state index in [4.69, 9.17) is 5.11 Å². The maximum absolute atomic E-state index is 12.8. The van der Waals surface area contributed by atoms with Gasteiger partial charge in [0.2, 0.25) is 0 Å². The van der Waals surface area contributed by atoms with Crippen LogP contribution in [-0.4, -0.2) is 11.7 Å². The molecule has 0 heterocycles. The van der Waals surface area contributed by atoms with Crippen molar-refractivity contribution >= 4 is 0 Å². The van der Waals surface area contributed by atoms with Crippen LogP contribution in [0.1, 0.15) is 32.6 Å². The van der Waals surface area contributed by atoms with Crippen molar-refractivity contribution in [1.29, 1.82) is 0 Å². The molecule has 0 aromatic rings. The zero-order chi connectivity index (χ0) is 8.27. The van der Waals surface area contributed by atoms with E-state index in [-0.39, 0.29) is 5.83 Å². The first-order valence-electron chi connectivity index (χ1n) is 4.21. The number of allylic oxidation sites excluding steroid dienone is 1. The minimum absolute atomic E-state index is 0.295. The molecule has 2 heteroatoms. The van der Waals surface area contributed by atoms with E-state index >= 15 is 0 Å². The van der Waals surface area contributed by atoms with E-state index in [1.54, 1.807) is 0 Å². The molecule has 11 heavy (non-hydrogen) atoms. The second-order valence-electron chi connectivity index (χ2n) is 3.35. The summed E-state index contributed by atoms with van der Waals surface area (Å²) in [6.07, 6.45) is 3.83. The first kappa shape index (κ1) is 8.72. The predicted octanol–water partition coefficient (Wildman–Crippen LogP) is 2.41. The Morgan fingerprint density at radius 2 is 2.09 bits per heavy atom. The quantitative estimate of drug-likeness (QED) is 0.621. The highest BCUT2D eigenvalue weighted by Crippen LogP contribution is 2.29. The average Bonchev–Trinajstić information content (AvgIpc) is 2.05. The van der Waals surface area contributed by atoms with Gasteiger partial charge in [0, 0.05) is 0 Å². The predicted molar refractivity (Wildman–Crippen MR) is 42.9 cm³/mol. The Hall–Kier alpha value is -0.370. The number of aliphatic hydroxyl groups excluding tert-OH is 1. The third kappa shape index (κ3) is 2.29. The van der Waals surface area contributed by atoms with E-state index in [2.05, 4.69) is 6.92 Å². The van der Waals surface area contributed by atoms with Crippen LogP contribution in [-0.2, 0) is 0 Å². The Morgan fingerprint density at radius 3 is 2.55 bits per heavy atom. The van der Waals surface area contributed by atoms with Crippen molar-refractivity contribution in [3.8, 4) is 0 Å². The van der Waals surface area contributed by atoms with Crippen LogP contribution >= 0.6 is 0 Å². The molecule has 1 N–H and O–H groups in total. The third-order valence-corrected chi connectivity index (χ3v) is 2.40. The van der Waals surface area contributed by atoms with E-state index in [1.165, 1.54) is 0 Å². The van der Waals surface area contributed by atoms with E-state index in [9.17, 15) is 4.39 Å². The van der Waals surface area contributed by atoms with Crippen LogP contribution in [0.4, 0.5) is 4.39 Å². The molecule has 1 rings (SSSR count). The minimum Gasteiger partial charge on any atom is -0.389 e. The molecule has 0 saturated heterocycles. The van der Waals surface area contributed by atoms with Gasteiger partial charge in [0.1, 0.15) is 5.83 Å². The second kappa shape index (κ2) is 3.86. The van der Waals surface area contributed by atoms with Gasteiger partial charge in [-0.1, -0.05) is 6.92 Å². The summed E-state index contributed by atoms with van der Waals surface area (Å²) >= 11 is 0. The zero-order valence-corrected chi connectivity index (χ0v) is 6.94. The normalized spacial score (nSPS) is 25.4. The number of aliphatic hydroxyl groups is 1. The molecule has 1 fully saturated rings. The highest BCUT2D eigenvalue weighted by molar-refractivity contribution is 5.10. The number of halogens is 1. The van der Waals surface area contributed by atoms with Crippen molar-refractivity contribution in [2.45, 2.75) is 32.6 Å². The van der Waals surface area contributed by atoms with Crippen LogP contribution in [0.25, 0.3) is 0 Å². The van der Waals surface area contributed by atoms with Gasteiger partial charge in [0.25, 0.3) is 0 Å². The zero-order valence-electron chi connectivity index (χ0n) is 6.94. The molecule has 0 aliphatic heterocycles. The molecular weight excluding hydrogens is 143 g/mol. The fraction of sp³-hybridized carbons (Fsp3) is 0.778. The largest absolute Gasteiger partial charge is 0.389 e. The molecule has 1 saturated carbocycles. The summed E-state index contributed by atoms with van der Waals surface area (Å²) in [4.78, 5) is 0. The van der Waals surface area contributed by atoms with Gasteiger partial charge in [-0.05, 0) is 37.2 Å². The molecule has 0 amide bonds. The molecule has 0 spiro atoms. The topological polar surface area (TPSA) is 20.2 Å². The van der Waals surface area contributed by atoms with Crippen molar-refractivity contribution in [2.75, 3.05) is 6.61 Å². The highest BCUT2D eigenvalue weighted by Gasteiger charge is 2.15. The summed E-state index contributed by atoms with van der Waals surface area (Å²) in [5.74, 6) is 0.433. The van der Waals surface area contributed by atoms with Gasteiger partial charge in [0.05, 0.1) is 6.61 Å². The summed E-state index contributed by atoms with van der Waals surface area (Å²) in [6.45, 7) is 1.78. The van der Waals surface area contributed by atoms with Crippen molar-refractivity contribution < 1.29 is 9.50 Å². The van der Waals surface area contributed by atoms with Crippen molar-refractivity contribution in [3.05, 3.63) is 11.4 Å². The van der Waals surface area contributed by atoms with Gasteiger partial charge in [-0.3, -0.25) is 0 Å². The fourth-order valence-corrected chi connectivity index (χ4v) is 1.49. The Labute approximate surface area is 66.9 Å². The lowest BCUT2D eigenvalue weighted by Gasteiger charge is -2.20. The van der Waals surface area contributed by atoms with Crippen molar-refractivity contribution in [1.82, 2.24) is 0 Å². The summed E-state index contributed by atoms with van der Waals surface area (Å²) in [6, 6.07) is 0. The molecule has 0 radical (unpaired) electrons. The average molecular weight is 158 g/mol. The van der Waals surface area contributed by atoms with E-state index in [1.807, 2.05) is 0 Å². The molecular formula is C9H15FO. The minimum atomic E-state index is -0.413.